The quantitative estimate of drug-likeness (QED) is 0.508. The molecule has 2 aliphatic carbocycles. The Morgan fingerprint density at radius 1 is 1.22 bits per heavy atom. The lowest BCUT2D eigenvalue weighted by Gasteiger charge is -2.41. The Morgan fingerprint density at radius 2 is 2.00 bits per heavy atom. The van der Waals surface area contributed by atoms with Crippen molar-refractivity contribution in [3.8, 4) is 5.75 Å². The SMILES string of the molecule is CC1(C)[C@@H]2CC[C@@]1(C)C1=C2[C@@H]2c3ccccc3OC(=O)[C@H]2CS1. The second-order valence-corrected chi connectivity index (χ2v) is 9.31. The van der Waals surface area contributed by atoms with Gasteiger partial charge in [0.1, 0.15) is 5.75 Å². The van der Waals surface area contributed by atoms with Crippen molar-refractivity contribution in [3.05, 3.63) is 40.3 Å². The highest BCUT2D eigenvalue weighted by Gasteiger charge is 2.64. The van der Waals surface area contributed by atoms with Crippen molar-refractivity contribution in [1.82, 2.24) is 0 Å². The summed E-state index contributed by atoms with van der Waals surface area (Å²) < 4.78 is 5.63. The lowest BCUT2D eigenvalue weighted by molar-refractivity contribution is -0.140. The molecule has 3 heteroatoms. The van der Waals surface area contributed by atoms with Crippen LogP contribution in [0.1, 0.15) is 45.1 Å². The second kappa shape index (κ2) is 4.24. The Kier molecular flexibility index (Phi) is 2.61. The third-order valence-electron chi connectivity index (χ3n) is 7.28. The summed E-state index contributed by atoms with van der Waals surface area (Å²) in [6, 6.07) is 8.16. The van der Waals surface area contributed by atoms with Gasteiger partial charge in [-0.2, -0.15) is 0 Å². The molecule has 2 heterocycles. The number of hydrogen-bond donors (Lipinski definition) is 0. The first-order valence-corrected chi connectivity index (χ1v) is 9.61. The molecular weight excluding hydrogens is 304 g/mol. The van der Waals surface area contributed by atoms with E-state index in [4.69, 9.17) is 4.74 Å². The minimum absolute atomic E-state index is 0.00704. The van der Waals surface area contributed by atoms with Gasteiger partial charge in [0, 0.05) is 22.6 Å². The number of thioether (sulfide) groups is 1. The fraction of sp³-hybridized carbons (Fsp3) is 0.550. The summed E-state index contributed by atoms with van der Waals surface area (Å²) in [5, 5.41) is 0. The van der Waals surface area contributed by atoms with Gasteiger partial charge >= 0.3 is 5.97 Å². The number of fused-ring (bicyclic) bond motifs is 8. The Labute approximate surface area is 141 Å². The van der Waals surface area contributed by atoms with Crippen LogP contribution in [0.5, 0.6) is 5.75 Å². The van der Waals surface area contributed by atoms with Crippen LogP contribution >= 0.6 is 11.8 Å². The molecule has 0 aromatic heterocycles. The number of allylic oxidation sites excluding steroid dienone is 2. The Morgan fingerprint density at radius 3 is 2.83 bits per heavy atom. The Hall–Kier alpha value is -1.22. The normalized spacial score (nSPS) is 39.6. The van der Waals surface area contributed by atoms with Crippen molar-refractivity contribution in [2.75, 3.05) is 5.75 Å². The van der Waals surface area contributed by atoms with Crippen molar-refractivity contribution < 1.29 is 9.53 Å². The largest absolute Gasteiger partial charge is 0.426 e. The molecular formula is C20H22O2S. The van der Waals surface area contributed by atoms with Crippen molar-refractivity contribution in [2.24, 2.45) is 22.7 Å². The first-order valence-electron chi connectivity index (χ1n) is 8.63. The monoisotopic (exact) mass is 326 g/mol. The van der Waals surface area contributed by atoms with Gasteiger partial charge in [-0.15, -0.1) is 11.8 Å². The fourth-order valence-electron chi connectivity index (χ4n) is 5.62. The molecule has 0 spiro atoms. The molecule has 0 unspecified atom stereocenters. The maximum Gasteiger partial charge on any atom is 0.316 e. The average Bonchev–Trinajstić information content (AvgIpc) is 2.86. The number of carbonyl (C=O) groups is 1. The molecule has 23 heavy (non-hydrogen) atoms. The van der Waals surface area contributed by atoms with E-state index in [1.54, 1.807) is 10.5 Å². The zero-order valence-corrected chi connectivity index (χ0v) is 14.7. The predicted octanol–water partition coefficient (Wildman–Crippen LogP) is 4.76. The van der Waals surface area contributed by atoms with E-state index in [0.29, 0.717) is 16.7 Å². The highest BCUT2D eigenvalue weighted by Crippen LogP contribution is 2.74. The minimum atomic E-state index is -0.0292. The number of hydrogen-bond acceptors (Lipinski definition) is 3. The Balaban J connectivity index is 1.75. The third kappa shape index (κ3) is 1.51. The van der Waals surface area contributed by atoms with Crippen LogP contribution in [-0.2, 0) is 4.79 Å². The number of para-hydroxylation sites is 1. The van der Waals surface area contributed by atoms with Crippen molar-refractivity contribution in [2.45, 2.75) is 39.5 Å². The molecule has 2 nitrogen and oxygen atoms in total. The van der Waals surface area contributed by atoms with E-state index >= 15 is 0 Å². The van der Waals surface area contributed by atoms with E-state index < -0.39 is 0 Å². The van der Waals surface area contributed by atoms with Crippen LogP contribution in [0.4, 0.5) is 0 Å². The van der Waals surface area contributed by atoms with E-state index in [1.165, 1.54) is 18.4 Å². The highest BCUT2D eigenvalue weighted by atomic mass is 32.2. The summed E-state index contributed by atoms with van der Waals surface area (Å²) in [5.41, 5.74) is 3.40. The summed E-state index contributed by atoms with van der Waals surface area (Å²) in [7, 11) is 0. The number of ether oxygens (including phenoxy) is 1. The van der Waals surface area contributed by atoms with Crippen LogP contribution in [0.3, 0.4) is 0 Å². The van der Waals surface area contributed by atoms with Crippen LogP contribution in [0.25, 0.3) is 0 Å². The number of esters is 1. The standard InChI is InChI=1S/C20H22O2S/c1-19(2)13-8-9-20(19,3)17-16(13)15-11-6-4-5-7-14(11)22-18(21)12(15)10-23-17/h4-7,12-13,15H,8-10H2,1-3H3/t12-,13+,15+,20-/m0/s1. The topological polar surface area (TPSA) is 26.3 Å². The van der Waals surface area contributed by atoms with Gasteiger partial charge in [-0.05, 0) is 40.7 Å². The van der Waals surface area contributed by atoms with E-state index in [2.05, 4.69) is 32.9 Å². The first-order chi connectivity index (χ1) is 10.9. The van der Waals surface area contributed by atoms with Gasteiger partial charge in [0.15, 0.2) is 0 Å². The molecule has 0 N–H and O–H groups in total. The molecule has 2 bridgehead atoms. The lowest BCUT2D eigenvalue weighted by atomic mass is 9.69. The molecule has 1 fully saturated rings. The molecule has 5 rings (SSSR count). The molecule has 1 saturated carbocycles. The molecule has 4 atom stereocenters. The summed E-state index contributed by atoms with van der Waals surface area (Å²) in [6.45, 7) is 7.33. The molecule has 1 aromatic carbocycles. The number of benzene rings is 1. The van der Waals surface area contributed by atoms with Gasteiger partial charge in [0.05, 0.1) is 5.92 Å². The maximum atomic E-state index is 12.6. The first kappa shape index (κ1) is 14.2. The second-order valence-electron chi connectivity index (χ2n) is 8.28. The molecule has 0 amide bonds. The smallest absolute Gasteiger partial charge is 0.316 e. The van der Waals surface area contributed by atoms with E-state index in [1.807, 2.05) is 23.9 Å². The summed E-state index contributed by atoms with van der Waals surface area (Å²) in [5.74, 6) is 2.47. The van der Waals surface area contributed by atoms with Crippen molar-refractivity contribution in [1.29, 1.82) is 0 Å². The molecule has 4 aliphatic rings. The van der Waals surface area contributed by atoms with Gasteiger partial charge in [-0.25, -0.2) is 0 Å². The molecule has 1 aromatic rings. The van der Waals surface area contributed by atoms with Crippen molar-refractivity contribution >= 4 is 17.7 Å². The minimum Gasteiger partial charge on any atom is -0.426 e. The van der Waals surface area contributed by atoms with Crippen LogP contribution in [0.2, 0.25) is 0 Å². The lowest BCUT2D eigenvalue weighted by Crippen LogP contribution is -2.38. The molecule has 2 aliphatic heterocycles. The van der Waals surface area contributed by atoms with E-state index in [-0.39, 0.29) is 17.8 Å². The van der Waals surface area contributed by atoms with Gasteiger partial charge in [-0.1, -0.05) is 39.0 Å². The third-order valence-corrected chi connectivity index (χ3v) is 8.78. The van der Waals surface area contributed by atoms with Gasteiger partial charge < -0.3 is 4.74 Å². The summed E-state index contributed by atoms with van der Waals surface area (Å²) >= 11 is 1.94. The fourth-order valence-corrected chi connectivity index (χ4v) is 7.41. The van der Waals surface area contributed by atoms with Crippen LogP contribution < -0.4 is 4.74 Å². The average molecular weight is 326 g/mol. The molecule has 0 radical (unpaired) electrons. The summed E-state index contributed by atoms with van der Waals surface area (Å²) in [4.78, 5) is 14.2. The van der Waals surface area contributed by atoms with Gasteiger partial charge in [0.2, 0.25) is 0 Å². The number of rotatable bonds is 0. The zero-order chi connectivity index (χ0) is 16.0. The van der Waals surface area contributed by atoms with Crippen LogP contribution in [0, 0.1) is 22.7 Å². The molecule has 0 saturated heterocycles. The Bertz CT molecular complexity index is 763. The summed E-state index contributed by atoms with van der Waals surface area (Å²) in [6.07, 6.45) is 2.56. The maximum absolute atomic E-state index is 12.6. The van der Waals surface area contributed by atoms with E-state index in [0.717, 1.165) is 11.5 Å². The number of carbonyl (C=O) groups excluding carboxylic acids is 1. The van der Waals surface area contributed by atoms with Gasteiger partial charge in [0.25, 0.3) is 0 Å². The van der Waals surface area contributed by atoms with Crippen LogP contribution in [-0.4, -0.2) is 11.7 Å². The van der Waals surface area contributed by atoms with Crippen LogP contribution in [0.15, 0.2) is 34.7 Å². The predicted molar refractivity (Wildman–Crippen MR) is 92.4 cm³/mol. The zero-order valence-electron chi connectivity index (χ0n) is 13.9. The van der Waals surface area contributed by atoms with Crippen molar-refractivity contribution in [3.63, 3.8) is 0 Å². The molecule has 120 valence electrons. The highest BCUT2D eigenvalue weighted by molar-refractivity contribution is 8.03. The van der Waals surface area contributed by atoms with E-state index in [9.17, 15) is 4.79 Å². The van der Waals surface area contributed by atoms with Gasteiger partial charge in [-0.3, -0.25) is 4.79 Å².